The van der Waals surface area contributed by atoms with Crippen molar-refractivity contribution in [1.82, 2.24) is 24.9 Å². The molecule has 3 heterocycles. The zero-order valence-corrected chi connectivity index (χ0v) is 19.2. The second-order valence-electron chi connectivity index (χ2n) is 7.99. The third-order valence-corrected chi connectivity index (χ3v) is 7.46. The van der Waals surface area contributed by atoms with Crippen LogP contribution in [-0.2, 0) is 12.2 Å². The third-order valence-electron chi connectivity index (χ3n) is 5.66. The SMILES string of the molecule is Cc1cccc(-c2noc(CSc3nnc(Cc4cccs4)n3C3CCCCC3)n2)c1. The van der Waals surface area contributed by atoms with E-state index in [2.05, 4.69) is 61.5 Å². The zero-order chi connectivity index (χ0) is 21.0. The van der Waals surface area contributed by atoms with E-state index in [0.29, 0.717) is 23.5 Å². The molecule has 3 aromatic heterocycles. The fraction of sp³-hybridized carbons (Fsp3) is 0.391. The molecule has 0 N–H and O–H groups in total. The quantitative estimate of drug-likeness (QED) is 0.317. The number of thiophene rings is 1. The van der Waals surface area contributed by atoms with E-state index < -0.39 is 0 Å². The molecule has 4 aromatic rings. The largest absolute Gasteiger partial charge is 0.338 e. The molecular formula is C23H25N5OS2. The summed E-state index contributed by atoms with van der Waals surface area (Å²) in [7, 11) is 0. The van der Waals surface area contributed by atoms with Gasteiger partial charge in [-0.3, -0.25) is 0 Å². The Labute approximate surface area is 190 Å². The smallest absolute Gasteiger partial charge is 0.237 e. The number of thioether (sulfide) groups is 1. The Morgan fingerprint density at radius 1 is 1.13 bits per heavy atom. The van der Waals surface area contributed by atoms with Crippen molar-refractivity contribution in [2.24, 2.45) is 0 Å². The van der Waals surface area contributed by atoms with Crippen molar-refractivity contribution in [3.05, 3.63) is 63.9 Å². The minimum absolute atomic E-state index is 0.478. The predicted octanol–water partition coefficient (Wildman–Crippen LogP) is 6.09. The van der Waals surface area contributed by atoms with Gasteiger partial charge in [0.15, 0.2) is 5.16 Å². The molecule has 0 spiro atoms. The Morgan fingerprint density at radius 3 is 2.84 bits per heavy atom. The molecule has 6 nitrogen and oxygen atoms in total. The van der Waals surface area contributed by atoms with Gasteiger partial charge in [-0.25, -0.2) is 0 Å². The molecule has 0 aliphatic heterocycles. The van der Waals surface area contributed by atoms with Crippen molar-refractivity contribution in [3.63, 3.8) is 0 Å². The van der Waals surface area contributed by atoms with Gasteiger partial charge in [0.05, 0.1) is 5.75 Å². The topological polar surface area (TPSA) is 69.6 Å². The lowest BCUT2D eigenvalue weighted by molar-refractivity contribution is 0.330. The van der Waals surface area contributed by atoms with Gasteiger partial charge >= 0.3 is 0 Å². The van der Waals surface area contributed by atoms with E-state index in [9.17, 15) is 0 Å². The van der Waals surface area contributed by atoms with Gasteiger partial charge in [0.1, 0.15) is 5.82 Å². The normalized spacial score (nSPS) is 14.9. The summed E-state index contributed by atoms with van der Waals surface area (Å²) >= 11 is 3.41. The summed E-state index contributed by atoms with van der Waals surface area (Å²) in [6, 6.07) is 12.9. The fourth-order valence-electron chi connectivity index (χ4n) is 4.14. The van der Waals surface area contributed by atoms with Crippen LogP contribution in [0.5, 0.6) is 0 Å². The summed E-state index contributed by atoms with van der Waals surface area (Å²) in [5.41, 5.74) is 2.15. The lowest BCUT2D eigenvalue weighted by Gasteiger charge is -2.25. The molecule has 1 saturated carbocycles. The molecule has 0 bridgehead atoms. The maximum atomic E-state index is 5.52. The highest BCUT2D eigenvalue weighted by atomic mass is 32.2. The summed E-state index contributed by atoms with van der Waals surface area (Å²) < 4.78 is 7.90. The summed E-state index contributed by atoms with van der Waals surface area (Å²) in [6.07, 6.45) is 7.09. The molecule has 1 aromatic carbocycles. The molecule has 0 radical (unpaired) electrons. The first-order valence-corrected chi connectivity index (χ1v) is 12.6. The summed E-state index contributed by atoms with van der Waals surface area (Å²) in [5, 5.41) is 16.4. The third kappa shape index (κ3) is 4.75. The van der Waals surface area contributed by atoms with Crippen LogP contribution < -0.4 is 0 Å². The predicted molar refractivity (Wildman–Crippen MR) is 123 cm³/mol. The highest BCUT2D eigenvalue weighted by molar-refractivity contribution is 7.98. The first-order chi connectivity index (χ1) is 15.3. The molecule has 31 heavy (non-hydrogen) atoms. The van der Waals surface area contributed by atoms with Crippen molar-refractivity contribution in [2.75, 3.05) is 0 Å². The van der Waals surface area contributed by atoms with Crippen LogP contribution in [0.25, 0.3) is 11.4 Å². The summed E-state index contributed by atoms with van der Waals surface area (Å²) in [5.74, 6) is 2.89. The van der Waals surface area contributed by atoms with Crippen molar-refractivity contribution in [1.29, 1.82) is 0 Å². The van der Waals surface area contributed by atoms with E-state index in [4.69, 9.17) is 4.52 Å². The number of hydrogen-bond acceptors (Lipinski definition) is 7. The Bertz CT molecular complexity index is 1130. The monoisotopic (exact) mass is 451 g/mol. The average molecular weight is 452 g/mol. The van der Waals surface area contributed by atoms with Crippen LogP contribution >= 0.6 is 23.1 Å². The number of aromatic nitrogens is 5. The van der Waals surface area contributed by atoms with Crippen molar-refractivity contribution < 1.29 is 4.52 Å². The minimum Gasteiger partial charge on any atom is -0.338 e. The second-order valence-corrected chi connectivity index (χ2v) is 9.96. The first kappa shape index (κ1) is 20.5. The minimum atomic E-state index is 0.478. The van der Waals surface area contributed by atoms with Gasteiger partial charge in [0.2, 0.25) is 11.7 Å². The maximum Gasteiger partial charge on any atom is 0.237 e. The van der Waals surface area contributed by atoms with Crippen LogP contribution in [0.4, 0.5) is 0 Å². The standard InChI is InChI=1S/C23H25N5OS2/c1-16-7-5-8-17(13-16)22-24-21(29-27-22)15-31-23-26-25-20(14-19-11-6-12-30-19)28(23)18-9-3-2-4-10-18/h5-8,11-13,18H,2-4,9-10,14-15H2,1H3. The van der Waals surface area contributed by atoms with Gasteiger partial charge in [-0.1, -0.05) is 66.0 Å². The second kappa shape index (κ2) is 9.36. The van der Waals surface area contributed by atoms with Crippen LogP contribution in [-0.4, -0.2) is 24.9 Å². The lowest BCUT2D eigenvalue weighted by Crippen LogP contribution is -2.16. The number of rotatable bonds is 7. The van der Waals surface area contributed by atoms with Crippen LogP contribution in [0.1, 0.15) is 60.3 Å². The Morgan fingerprint density at radius 2 is 2.03 bits per heavy atom. The molecule has 1 fully saturated rings. The molecule has 0 unspecified atom stereocenters. The zero-order valence-electron chi connectivity index (χ0n) is 17.5. The number of hydrogen-bond donors (Lipinski definition) is 0. The van der Waals surface area contributed by atoms with Crippen LogP contribution in [0.3, 0.4) is 0 Å². The van der Waals surface area contributed by atoms with Gasteiger partial charge in [-0.15, -0.1) is 21.5 Å². The van der Waals surface area contributed by atoms with Gasteiger partial charge in [-0.2, -0.15) is 4.98 Å². The number of benzene rings is 1. The Kier molecular flexibility index (Phi) is 6.18. The Hall–Kier alpha value is -2.45. The number of nitrogens with zero attached hydrogens (tertiary/aromatic N) is 5. The molecule has 8 heteroatoms. The van der Waals surface area contributed by atoms with Gasteiger partial charge in [0, 0.05) is 22.9 Å². The van der Waals surface area contributed by atoms with Crippen molar-refractivity contribution in [2.45, 2.75) is 62.4 Å². The van der Waals surface area contributed by atoms with Crippen molar-refractivity contribution in [3.8, 4) is 11.4 Å². The molecule has 5 rings (SSSR count). The van der Waals surface area contributed by atoms with Crippen LogP contribution in [0, 0.1) is 6.92 Å². The molecule has 0 saturated heterocycles. The highest BCUT2D eigenvalue weighted by Crippen LogP contribution is 2.34. The number of aryl methyl sites for hydroxylation is 1. The summed E-state index contributed by atoms with van der Waals surface area (Å²) in [4.78, 5) is 5.91. The average Bonchev–Trinajstić information content (AvgIpc) is 3.55. The lowest BCUT2D eigenvalue weighted by atomic mass is 9.95. The van der Waals surface area contributed by atoms with Gasteiger partial charge < -0.3 is 9.09 Å². The van der Waals surface area contributed by atoms with Gasteiger partial charge in [0.25, 0.3) is 0 Å². The van der Waals surface area contributed by atoms with E-state index in [1.165, 1.54) is 42.5 Å². The van der Waals surface area contributed by atoms with E-state index in [1.54, 1.807) is 23.1 Å². The van der Waals surface area contributed by atoms with Crippen LogP contribution in [0.15, 0.2) is 51.5 Å². The summed E-state index contributed by atoms with van der Waals surface area (Å²) in [6.45, 7) is 2.06. The first-order valence-electron chi connectivity index (χ1n) is 10.7. The van der Waals surface area contributed by atoms with Gasteiger partial charge in [-0.05, 0) is 37.3 Å². The van der Waals surface area contributed by atoms with E-state index in [0.717, 1.165) is 23.0 Å². The molecular weight excluding hydrogens is 426 g/mol. The molecule has 0 amide bonds. The highest BCUT2D eigenvalue weighted by Gasteiger charge is 2.24. The molecule has 160 valence electrons. The van der Waals surface area contributed by atoms with E-state index in [1.807, 2.05) is 12.1 Å². The Balaban J connectivity index is 1.34. The molecule has 0 atom stereocenters. The van der Waals surface area contributed by atoms with E-state index in [-0.39, 0.29) is 0 Å². The fourth-order valence-corrected chi connectivity index (χ4v) is 5.71. The van der Waals surface area contributed by atoms with Crippen LogP contribution in [0.2, 0.25) is 0 Å². The van der Waals surface area contributed by atoms with Crippen molar-refractivity contribution >= 4 is 23.1 Å². The van der Waals surface area contributed by atoms with E-state index >= 15 is 0 Å². The molecule has 1 aliphatic carbocycles. The maximum absolute atomic E-state index is 5.52. The molecule has 1 aliphatic rings.